The first-order chi connectivity index (χ1) is 25.8. The van der Waals surface area contributed by atoms with Gasteiger partial charge in [0, 0.05) is 19.3 Å². The molecule has 0 saturated carbocycles. The van der Waals surface area contributed by atoms with E-state index in [-0.39, 0.29) is 31.1 Å². The lowest BCUT2D eigenvalue weighted by Gasteiger charge is -2.18. The fraction of sp³-hybridized carbons (Fsp3) is 0.936. The molecule has 0 aromatic rings. The van der Waals surface area contributed by atoms with E-state index in [1.54, 1.807) is 0 Å². The zero-order chi connectivity index (χ0) is 39.0. The van der Waals surface area contributed by atoms with Crippen molar-refractivity contribution < 1.29 is 28.6 Å². The summed E-state index contributed by atoms with van der Waals surface area (Å²) in [6.07, 6.45) is 38.1. The van der Waals surface area contributed by atoms with Gasteiger partial charge in [0.25, 0.3) is 0 Å². The van der Waals surface area contributed by atoms with Crippen LogP contribution in [-0.4, -0.2) is 37.2 Å². The van der Waals surface area contributed by atoms with Crippen LogP contribution in [0.25, 0.3) is 0 Å². The minimum Gasteiger partial charge on any atom is -0.462 e. The molecule has 0 aliphatic heterocycles. The number of ether oxygens (including phenoxy) is 3. The third-order valence-corrected chi connectivity index (χ3v) is 10.8. The molecule has 0 rings (SSSR count). The Morgan fingerprint density at radius 2 is 0.717 bits per heavy atom. The predicted molar refractivity (Wildman–Crippen MR) is 224 cm³/mol. The molecule has 0 heterocycles. The molecule has 0 aromatic carbocycles. The van der Waals surface area contributed by atoms with Crippen LogP contribution in [0.5, 0.6) is 0 Å². The lowest BCUT2D eigenvalue weighted by molar-refractivity contribution is -0.167. The van der Waals surface area contributed by atoms with Gasteiger partial charge in [0.15, 0.2) is 6.10 Å². The van der Waals surface area contributed by atoms with Crippen molar-refractivity contribution >= 4 is 17.9 Å². The minimum absolute atomic E-state index is 0.0652. The van der Waals surface area contributed by atoms with E-state index in [1.807, 2.05) is 0 Å². The largest absolute Gasteiger partial charge is 0.462 e. The molecule has 0 N–H and O–H groups in total. The molecule has 0 aliphatic carbocycles. The van der Waals surface area contributed by atoms with Crippen molar-refractivity contribution in [2.45, 2.75) is 259 Å². The Hall–Kier alpha value is -1.59. The highest BCUT2D eigenvalue weighted by molar-refractivity contribution is 5.71. The molecule has 0 fully saturated rings. The fourth-order valence-corrected chi connectivity index (χ4v) is 6.90. The molecule has 0 saturated heterocycles. The summed E-state index contributed by atoms with van der Waals surface area (Å²) in [7, 11) is 0. The molecule has 0 aliphatic rings. The lowest BCUT2D eigenvalue weighted by atomic mass is 9.99. The molecular formula is C47H90O6. The number of carbonyl (C=O) groups excluding carboxylic acids is 3. The highest BCUT2D eigenvalue weighted by atomic mass is 16.6. The Morgan fingerprint density at radius 3 is 1.08 bits per heavy atom. The minimum atomic E-state index is -0.759. The van der Waals surface area contributed by atoms with E-state index in [0.29, 0.717) is 19.3 Å². The summed E-state index contributed by atoms with van der Waals surface area (Å²) in [5.41, 5.74) is 0. The van der Waals surface area contributed by atoms with Crippen LogP contribution >= 0.6 is 0 Å². The SMILES string of the molecule is CCCCCCCCCC(=O)OC[C@H](COC(=O)CCCCCCCCCCCCCCCC(C)C)OC(=O)CCCCCCCCCCC(C)CC. The predicted octanol–water partition coefficient (Wildman–Crippen LogP) is 14.6. The van der Waals surface area contributed by atoms with Crippen LogP contribution in [0, 0.1) is 11.8 Å². The van der Waals surface area contributed by atoms with E-state index in [4.69, 9.17) is 14.2 Å². The Bertz CT molecular complexity index is 811. The highest BCUT2D eigenvalue weighted by Gasteiger charge is 2.19. The van der Waals surface area contributed by atoms with E-state index >= 15 is 0 Å². The summed E-state index contributed by atoms with van der Waals surface area (Å²) >= 11 is 0. The van der Waals surface area contributed by atoms with Crippen LogP contribution in [-0.2, 0) is 28.6 Å². The second-order valence-electron chi connectivity index (χ2n) is 16.8. The Labute approximate surface area is 329 Å². The molecule has 0 amide bonds. The molecule has 0 aromatic heterocycles. The Kier molecular flexibility index (Phi) is 38.9. The summed E-state index contributed by atoms with van der Waals surface area (Å²) in [6, 6.07) is 0. The van der Waals surface area contributed by atoms with Gasteiger partial charge >= 0.3 is 17.9 Å². The van der Waals surface area contributed by atoms with Crippen LogP contribution in [0.3, 0.4) is 0 Å². The van der Waals surface area contributed by atoms with Crippen molar-refractivity contribution in [3.63, 3.8) is 0 Å². The summed E-state index contributed by atoms with van der Waals surface area (Å²) in [5, 5.41) is 0. The van der Waals surface area contributed by atoms with E-state index in [1.165, 1.54) is 141 Å². The quantitative estimate of drug-likeness (QED) is 0.0352. The molecule has 0 radical (unpaired) electrons. The van der Waals surface area contributed by atoms with Crippen molar-refractivity contribution in [1.82, 2.24) is 0 Å². The van der Waals surface area contributed by atoms with Crippen molar-refractivity contribution in [3.05, 3.63) is 0 Å². The molecule has 6 heteroatoms. The maximum Gasteiger partial charge on any atom is 0.306 e. The van der Waals surface area contributed by atoms with Gasteiger partial charge in [-0.1, -0.05) is 214 Å². The molecule has 0 spiro atoms. The molecule has 314 valence electrons. The van der Waals surface area contributed by atoms with Crippen molar-refractivity contribution in [1.29, 1.82) is 0 Å². The van der Waals surface area contributed by atoms with E-state index in [9.17, 15) is 14.4 Å². The van der Waals surface area contributed by atoms with E-state index in [2.05, 4.69) is 34.6 Å². The molecule has 2 atom stereocenters. The standard InChI is InChI=1S/C47H90O6/c1-6-8-9-10-20-27-32-37-45(48)51-40-44(53-47(50)39-34-29-24-19-18-22-26-31-36-43(5)7-2)41-52-46(49)38-33-28-23-17-15-13-11-12-14-16-21-25-30-35-42(3)4/h42-44H,6-41H2,1-5H3/t43?,44-/m1/s1. The summed E-state index contributed by atoms with van der Waals surface area (Å²) in [6.45, 7) is 11.3. The third kappa shape index (κ3) is 39.9. The number of hydrogen-bond acceptors (Lipinski definition) is 6. The van der Waals surface area contributed by atoms with Gasteiger partial charge in [-0.15, -0.1) is 0 Å². The fourth-order valence-electron chi connectivity index (χ4n) is 6.90. The van der Waals surface area contributed by atoms with Crippen LogP contribution in [0.4, 0.5) is 0 Å². The van der Waals surface area contributed by atoms with Gasteiger partial charge in [0.1, 0.15) is 13.2 Å². The van der Waals surface area contributed by atoms with E-state index in [0.717, 1.165) is 69.6 Å². The van der Waals surface area contributed by atoms with Crippen LogP contribution in [0.1, 0.15) is 253 Å². The van der Waals surface area contributed by atoms with Crippen LogP contribution < -0.4 is 0 Å². The average Bonchev–Trinajstić information content (AvgIpc) is 3.14. The van der Waals surface area contributed by atoms with Gasteiger partial charge in [-0.25, -0.2) is 0 Å². The van der Waals surface area contributed by atoms with Crippen LogP contribution in [0.2, 0.25) is 0 Å². The van der Waals surface area contributed by atoms with Crippen LogP contribution in [0.15, 0.2) is 0 Å². The number of hydrogen-bond donors (Lipinski definition) is 0. The zero-order valence-electron chi connectivity index (χ0n) is 36.1. The second kappa shape index (κ2) is 40.1. The third-order valence-electron chi connectivity index (χ3n) is 10.8. The van der Waals surface area contributed by atoms with Crippen molar-refractivity contribution in [3.8, 4) is 0 Å². The van der Waals surface area contributed by atoms with Crippen molar-refractivity contribution in [2.75, 3.05) is 13.2 Å². The topological polar surface area (TPSA) is 78.9 Å². The molecule has 6 nitrogen and oxygen atoms in total. The first-order valence-corrected chi connectivity index (χ1v) is 23.3. The molecular weight excluding hydrogens is 661 g/mol. The number of rotatable bonds is 41. The Morgan fingerprint density at radius 1 is 0.396 bits per heavy atom. The van der Waals surface area contributed by atoms with Gasteiger partial charge < -0.3 is 14.2 Å². The molecule has 1 unspecified atom stereocenters. The summed E-state index contributed by atoms with van der Waals surface area (Å²) in [4.78, 5) is 37.6. The average molecular weight is 751 g/mol. The zero-order valence-corrected chi connectivity index (χ0v) is 36.1. The van der Waals surface area contributed by atoms with Gasteiger partial charge in [-0.2, -0.15) is 0 Å². The monoisotopic (exact) mass is 751 g/mol. The number of unbranched alkanes of at least 4 members (excludes halogenated alkanes) is 25. The maximum atomic E-state index is 12.7. The van der Waals surface area contributed by atoms with Gasteiger partial charge in [0.05, 0.1) is 0 Å². The number of esters is 3. The van der Waals surface area contributed by atoms with Crippen molar-refractivity contribution in [2.24, 2.45) is 11.8 Å². The molecule has 53 heavy (non-hydrogen) atoms. The first-order valence-electron chi connectivity index (χ1n) is 23.3. The smallest absolute Gasteiger partial charge is 0.306 e. The van der Waals surface area contributed by atoms with E-state index < -0.39 is 6.10 Å². The molecule has 0 bridgehead atoms. The Balaban J connectivity index is 4.25. The summed E-state index contributed by atoms with van der Waals surface area (Å²) in [5.74, 6) is 0.821. The summed E-state index contributed by atoms with van der Waals surface area (Å²) < 4.78 is 16.7. The first kappa shape index (κ1) is 51.4. The maximum absolute atomic E-state index is 12.7. The second-order valence-corrected chi connectivity index (χ2v) is 16.8. The van der Waals surface area contributed by atoms with Gasteiger partial charge in [-0.3, -0.25) is 14.4 Å². The van der Waals surface area contributed by atoms with Gasteiger partial charge in [0.2, 0.25) is 0 Å². The lowest BCUT2D eigenvalue weighted by Crippen LogP contribution is -2.30. The highest BCUT2D eigenvalue weighted by Crippen LogP contribution is 2.17. The normalized spacial score (nSPS) is 12.6. The number of carbonyl (C=O) groups is 3. The van der Waals surface area contributed by atoms with Gasteiger partial charge in [-0.05, 0) is 31.1 Å².